The summed E-state index contributed by atoms with van der Waals surface area (Å²) in [7, 11) is 2.08. The SMILES string of the molecule is CN1CCOC(CNc2ccc(C(=O)O)c(Br)c2)C1. The Kier molecular flexibility index (Phi) is 4.79. The van der Waals surface area contributed by atoms with Gasteiger partial charge in [0, 0.05) is 29.8 Å². The number of hydrogen-bond donors (Lipinski definition) is 2. The lowest BCUT2D eigenvalue weighted by molar-refractivity contribution is -0.0117. The van der Waals surface area contributed by atoms with E-state index in [2.05, 4.69) is 33.2 Å². The number of morpholine rings is 1. The molecule has 1 fully saturated rings. The van der Waals surface area contributed by atoms with Crippen LogP contribution in [0.5, 0.6) is 0 Å². The molecule has 0 saturated carbocycles. The minimum Gasteiger partial charge on any atom is -0.478 e. The second-order valence-electron chi connectivity index (χ2n) is 4.64. The van der Waals surface area contributed by atoms with Gasteiger partial charge in [0.2, 0.25) is 0 Å². The smallest absolute Gasteiger partial charge is 0.336 e. The van der Waals surface area contributed by atoms with Gasteiger partial charge in [0.25, 0.3) is 0 Å². The van der Waals surface area contributed by atoms with Crippen LogP contribution in [0.3, 0.4) is 0 Å². The van der Waals surface area contributed by atoms with Gasteiger partial charge in [0.15, 0.2) is 0 Å². The van der Waals surface area contributed by atoms with Crippen LogP contribution < -0.4 is 5.32 Å². The van der Waals surface area contributed by atoms with Gasteiger partial charge in [-0.05, 0) is 41.2 Å². The molecule has 0 amide bonds. The molecule has 1 atom stereocenters. The van der Waals surface area contributed by atoms with Crippen LogP contribution in [0.2, 0.25) is 0 Å². The zero-order valence-corrected chi connectivity index (χ0v) is 12.3. The van der Waals surface area contributed by atoms with Gasteiger partial charge in [-0.2, -0.15) is 0 Å². The Hall–Kier alpha value is -1.11. The first-order valence-corrected chi connectivity index (χ1v) is 6.92. The van der Waals surface area contributed by atoms with Crippen LogP contribution in [0.1, 0.15) is 10.4 Å². The molecule has 1 heterocycles. The second-order valence-corrected chi connectivity index (χ2v) is 5.49. The molecule has 1 aliphatic heterocycles. The maximum absolute atomic E-state index is 10.9. The number of anilines is 1. The van der Waals surface area contributed by atoms with Crippen molar-refractivity contribution in [1.82, 2.24) is 4.90 Å². The Balaban J connectivity index is 1.92. The summed E-state index contributed by atoms with van der Waals surface area (Å²) in [5, 5.41) is 12.2. The molecule has 1 aromatic carbocycles. The Bertz CT molecular complexity index is 467. The van der Waals surface area contributed by atoms with Crippen molar-refractivity contribution >= 4 is 27.6 Å². The average Bonchev–Trinajstić information content (AvgIpc) is 2.36. The van der Waals surface area contributed by atoms with E-state index in [-0.39, 0.29) is 11.7 Å². The lowest BCUT2D eigenvalue weighted by Gasteiger charge is -2.30. The summed E-state index contributed by atoms with van der Waals surface area (Å²) in [6.07, 6.45) is 0.164. The third-order valence-electron chi connectivity index (χ3n) is 3.08. The fourth-order valence-corrected chi connectivity index (χ4v) is 2.57. The third kappa shape index (κ3) is 3.92. The molecular formula is C13H17BrN2O3. The number of carbonyl (C=O) groups is 1. The normalized spacial score (nSPS) is 20.2. The molecule has 0 aliphatic carbocycles. The number of aromatic carboxylic acids is 1. The Morgan fingerprint density at radius 2 is 2.42 bits per heavy atom. The number of ether oxygens (including phenoxy) is 1. The zero-order chi connectivity index (χ0) is 13.8. The van der Waals surface area contributed by atoms with E-state index in [0.717, 1.165) is 25.4 Å². The molecule has 0 radical (unpaired) electrons. The van der Waals surface area contributed by atoms with E-state index >= 15 is 0 Å². The molecule has 1 saturated heterocycles. The van der Waals surface area contributed by atoms with Gasteiger partial charge in [-0.15, -0.1) is 0 Å². The minimum atomic E-state index is -0.935. The van der Waals surface area contributed by atoms with Crippen molar-refractivity contribution in [1.29, 1.82) is 0 Å². The highest BCUT2D eigenvalue weighted by Crippen LogP contribution is 2.21. The Labute approximate surface area is 120 Å². The van der Waals surface area contributed by atoms with Gasteiger partial charge < -0.3 is 20.1 Å². The quantitative estimate of drug-likeness (QED) is 0.883. The van der Waals surface area contributed by atoms with Crippen molar-refractivity contribution in [2.24, 2.45) is 0 Å². The first-order valence-electron chi connectivity index (χ1n) is 6.13. The summed E-state index contributed by atoms with van der Waals surface area (Å²) >= 11 is 3.26. The van der Waals surface area contributed by atoms with E-state index in [1.165, 1.54) is 0 Å². The number of carboxylic acids is 1. The molecule has 1 aromatic rings. The lowest BCUT2D eigenvalue weighted by Crippen LogP contribution is -2.43. The molecule has 1 aliphatic rings. The molecular weight excluding hydrogens is 312 g/mol. The highest BCUT2D eigenvalue weighted by Gasteiger charge is 2.17. The van der Waals surface area contributed by atoms with Gasteiger partial charge in [-0.25, -0.2) is 4.79 Å². The Morgan fingerprint density at radius 1 is 1.63 bits per heavy atom. The highest BCUT2D eigenvalue weighted by atomic mass is 79.9. The number of nitrogens with zero attached hydrogens (tertiary/aromatic N) is 1. The number of likely N-dealkylation sites (N-methyl/N-ethyl adjacent to an activating group) is 1. The van der Waals surface area contributed by atoms with Crippen LogP contribution in [0.25, 0.3) is 0 Å². The molecule has 5 nitrogen and oxygen atoms in total. The largest absolute Gasteiger partial charge is 0.478 e. The molecule has 0 spiro atoms. The maximum atomic E-state index is 10.9. The third-order valence-corrected chi connectivity index (χ3v) is 3.73. The van der Waals surface area contributed by atoms with Crippen LogP contribution in [0.15, 0.2) is 22.7 Å². The van der Waals surface area contributed by atoms with Crippen LogP contribution >= 0.6 is 15.9 Å². The summed E-state index contributed by atoms with van der Waals surface area (Å²) in [5.74, 6) is -0.935. The van der Waals surface area contributed by atoms with E-state index in [1.54, 1.807) is 18.2 Å². The monoisotopic (exact) mass is 328 g/mol. The molecule has 1 unspecified atom stereocenters. The molecule has 19 heavy (non-hydrogen) atoms. The van der Waals surface area contributed by atoms with E-state index in [4.69, 9.17) is 9.84 Å². The summed E-state index contributed by atoms with van der Waals surface area (Å²) in [6.45, 7) is 3.34. The first-order chi connectivity index (χ1) is 9.06. The van der Waals surface area contributed by atoms with Crippen LogP contribution in [-0.4, -0.2) is 55.4 Å². The number of rotatable bonds is 4. The number of halogens is 1. The average molecular weight is 329 g/mol. The standard InChI is InChI=1S/C13H17BrN2O3/c1-16-4-5-19-10(8-16)7-15-9-2-3-11(13(17)18)12(14)6-9/h2-3,6,10,15H,4-5,7-8H2,1H3,(H,17,18). The molecule has 104 valence electrons. The second kappa shape index (κ2) is 6.36. The van der Waals surface area contributed by atoms with Gasteiger partial charge in [-0.3, -0.25) is 0 Å². The van der Waals surface area contributed by atoms with E-state index in [9.17, 15) is 4.79 Å². The maximum Gasteiger partial charge on any atom is 0.336 e. The lowest BCUT2D eigenvalue weighted by atomic mass is 10.2. The van der Waals surface area contributed by atoms with Gasteiger partial charge in [0.05, 0.1) is 18.3 Å². The van der Waals surface area contributed by atoms with Crippen molar-refractivity contribution in [3.63, 3.8) is 0 Å². The zero-order valence-electron chi connectivity index (χ0n) is 10.7. The molecule has 2 rings (SSSR count). The summed E-state index contributed by atoms with van der Waals surface area (Å²) in [6, 6.07) is 5.12. The minimum absolute atomic E-state index is 0.164. The number of carboxylic acid groups (broad SMARTS) is 1. The van der Waals surface area contributed by atoms with Crippen LogP contribution in [-0.2, 0) is 4.74 Å². The number of nitrogens with one attached hydrogen (secondary N) is 1. The summed E-state index contributed by atoms with van der Waals surface area (Å²) in [5.41, 5.74) is 1.15. The topological polar surface area (TPSA) is 61.8 Å². The number of hydrogen-bond acceptors (Lipinski definition) is 4. The van der Waals surface area contributed by atoms with Crippen molar-refractivity contribution in [3.05, 3.63) is 28.2 Å². The Morgan fingerprint density at radius 3 is 3.05 bits per heavy atom. The first kappa shape index (κ1) is 14.3. The molecule has 0 aromatic heterocycles. The van der Waals surface area contributed by atoms with Gasteiger partial charge >= 0.3 is 5.97 Å². The van der Waals surface area contributed by atoms with E-state index in [0.29, 0.717) is 11.0 Å². The predicted octanol–water partition coefficient (Wildman–Crippen LogP) is 1.89. The van der Waals surface area contributed by atoms with Crippen LogP contribution in [0.4, 0.5) is 5.69 Å². The summed E-state index contributed by atoms with van der Waals surface area (Å²) in [4.78, 5) is 13.1. The van der Waals surface area contributed by atoms with Crippen molar-refractivity contribution in [3.8, 4) is 0 Å². The predicted molar refractivity (Wildman–Crippen MR) is 76.8 cm³/mol. The fourth-order valence-electron chi connectivity index (χ4n) is 2.02. The molecule has 0 bridgehead atoms. The fraction of sp³-hybridized carbons (Fsp3) is 0.462. The van der Waals surface area contributed by atoms with Crippen molar-refractivity contribution < 1.29 is 14.6 Å². The number of benzene rings is 1. The molecule has 6 heteroatoms. The van der Waals surface area contributed by atoms with Crippen molar-refractivity contribution in [2.45, 2.75) is 6.10 Å². The van der Waals surface area contributed by atoms with Gasteiger partial charge in [0.1, 0.15) is 0 Å². The van der Waals surface area contributed by atoms with Gasteiger partial charge in [-0.1, -0.05) is 0 Å². The van der Waals surface area contributed by atoms with E-state index in [1.807, 2.05) is 0 Å². The molecule has 2 N–H and O–H groups in total. The van der Waals surface area contributed by atoms with E-state index < -0.39 is 5.97 Å². The van der Waals surface area contributed by atoms with Crippen molar-refractivity contribution in [2.75, 3.05) is 38.6 Å². The van der Waals surface area contributed by atoms with Crippen LogP contribution in [0, 0.1) is 0 Å². The summed E-state index contributed by atoms with van der Waals surface area (Å²) < 4.78 is 6.23. The highest BCUT2D eigenvalue weighted by molar-refractivity contribution is 9.10.